The molecule has 1 atom stereocenters. The first kappa shape index (κ1) is 16.4. The summed E-state index contributed by atoms with van der Waals surface area (Å²) in [6.07, 6.45) is 2.11. The molecule has 7 nitrogen and oxygen atoms in total. The van der Waals surface area contributed by atoms with Crippen LogP contribution in [0, 0.1) is 0 Å². The van der Waals surface area contributed by atoms with Gasteiger partial charge in [0.25, 0.3) is 10.2 Å². The fourth-order valence-corrected chi connectivity index (χ4v) is 4.34. The molecule has 1 aliphatic rings. The zero-order valence-corrected chi connectivity index (χ0v) is 13.9. The van der Waals surface area contributed by atoms with Crippen molar-refractivity contribution in [2.24, 2.45) is 0 Å². The molecule has 0 bridgehead atoms. The number of oxazole rings is 1. The van der Waals surface area contributed by atoms with Gasteiger partial charge in [0.1, 0.15) is 5.52 Å². The molecule has 3 rings (SSSR count). The third kappa shape index (κ3) is 3.72. The van der Waals surface area contributed by atoms with Gasteiger partial charge in [-0.15, -0.1) is 0 Å². The van der Waals surface area contributed by atoms with Gasteiger partial charge in [-0.1, -0.05) is 12.1 Å². The third-order valence-corrected chi connectivity index (χ3v) is 5.62. The molecule has 2 aromatic rings. The lowest BCUT2D eigenvalue weighted by Crippen LogP contribution is -2.45. The molecule has 0 saturated carbocycles. The van der Waals surface area contributed by atoms with Crippen LogP contribution in [0.2, 0.25) is 0 Å². The van der Waals surface area contributed by atoms with Crippen molar-refractivity contribution < 1.29 is 17.6 Å². The van der Waals surface area contributed by atoms with E-state index in [2.05, 4.69) is 9.71 Å². The molecule has 0 radical (unpaired) electrons. The standard InChI is InChI=1S/C15H21N3O4S/c1-21-11-12-5-4-10-18(12)23(19,20)16-9-8-15-17-13-6-2-3-7-14(13)22-15/h2-3,6-7,12,16H,4-5,8-11H2,1H3. The predicted molar refractivity (Wildman–Crippen MR) is 86.2 cm³/mol. The van der Waals surface area contributed by atoms with Gasteiger partial charge in [-0.25, -0.2) is 9.71 Å². The fourth-order valence-electron chi connectivity index (χ4n) is 2.88. The quantitative estimate of drug-likeness (QED) is 0.822. The molecule has 1 N–H and O–H groups in total. The lowest BCUT2D eigenvalue weighted by molar-refractivity contribution is 0.148. The van der Waals surface area contributed by atoms with E-state index in [1.165, 1.54) is 4.31 Å². The molecule has 1 aliphatic heterocycles. The number of hydrogen-bond acceptors (Lipinski definition) is 5. The average molecular weight is 339 g/mol. The van der Waals surface area contributed by atoms with E-state index < -0.39 is 10.2 Å². The molecular formula is C15H21N3O4S. The first-order valence-electron chi connectivity index (χ1n) is 7.70. The van der Waals surface area contributed by atoms with Crippen LogP contribution in [-0.4, -0.2) is 50.6 Å². The SMILES string of the molecule is COCC1CCCN1S(=O)(=O)NCCc1nc2ccccc2o1. The highest BCUT2D eigenvalue weighted by Crippen LogP contribution is 2.20. The molecule has 2 heterocycles. The number of nitrogens with zero attached hydrogens (tertiary/aromatic N) is 2. The van der Waals surface area contributed by atoms with Gasteiger partial charge in [-0.2, -0.15) is 12.7 Å². The normalized spacial score (nSPS) is 19.6. The summed E-state index contributed by atoms with van der Waals surface area (Å²) in [4.78, 5) is 4.34. The maximum absolute atomic E-state index is 12.4. The molecule has 23 heavy (non-hydrogen) atoms. The highest BCUT2D eigenvalue weighted by molar-refractivity contribution is 7.87. The van der Waals surface area contributed by atoms with Gasteiger partial charge in [0.05, 0.1) is 6.61 Å². The first-order valence-corrected chi connectivity index (χ1v) is 9.14. The van der Waals surface area contributed by atoms with Gasteiger partial charge in [0.15, 0.2) is 11.5 Å². The Morgan fingerprint density at radius 1 is 1.43 bits per heavy atom. The third-order valence-electron chi connectivity index (χ3n) is 3.95. The van der Waals surface area contributed by atoms with E-state index in [1.54, 1.807) is 7.11 Å². The van der Waals surface area contributed by atoms with Crippen LogP contribution in [-0.2, 0) is 21.4 Å². The summed E-state index contributed by atoms with van der Waals surface area (Å²) in [5.41, 5.74) is 1.50. The number of benzene rings is 1. The minimum atomic E-state index is -3.50. The molecule has 1 aromatic heterocycles. The van der Waals surface area contributed by atoms with Crippen molar-refractivity contribution in [3.8, 4) is 0 Å². The molecule has 1 aromatic carbocycles. The highest BCUT2D eigenvalue weighted by atomic mass is 32.2. The van der Waals surface area contributed by atoms with E-state index in [0.717, 1.165) is 18.4 Å². The van der Waals surface area contributed by atoms with Gasteiger partial charge in [-0.3, -0.25) is 0 Å². The molecule has 0 aliphatic carbocycles. The summed E-state index contributed by atoms with van der Waals surface area (Å²) >= 11 is 0. The van der Waals surface area contributed by atoms with E-state index in [-0.39, 0.29) is 12.6 Å². The second kappa shape index (κ2) is 6.96. The van der Waals surface area contributed by atoms with Crippen LogP contribution in [0.1, 0.15) is 18.7 Å². The summed E-state index contributed by atoms with van der Waals surface area (Å²) in [6, 6.07) is 7.40. The summed E-state index contributed by atoms with van der Waals surface area (Å²) in [6.45, 7) is 1.21. The van der Waals surface area contributed by atoms with E-state index in [0.29, 0.717) is 31.0 Å². The van der Waals surface area contributed by atoms with E-state index in [9.17, 15) is 8.42 Å². The molecule has 126 valence electrons. The fraction of sp³-hybridized carbons (Fsp3) is 0.533. The average Bonchev–Trinajstić information content (AvgIpc) is 3.13. The van der Waals surface area contributed by atoms with Crippen molar-refractivity contribution in [1.82, 2.24) is 14.0 Å². The summed E-state index contributed by atoms with van der Waals surface area (Å²) in [7, 11) is -1.91. The second-order valence-corrected chi connectivity index (χ2v) is 7.29. The lowest BCUT2D eigenvalue weighted by Gasteiger charge is -2.23. The molecular weight excluding hydrogens is 318 g/mol. The van der Waals surface area contributed by atoms with Crippen molar-refractivity contribution in [3.05, 3.63) is 30.2 Å². The smallest absolute Gasteiger partial charge is 0.279 e. The van der Waals surface area contributed by atoms with Crippen LogP contribution in [0.25, 0.3) is 11.1 Å². The number of methoxy groups -OCH3 is 1. The van der Waals surface area contributed by atoms with Crippen molar-refractivity contribution in [2.45, 2.75) is 25.3 Å². The van der Waals surface area contributed by atoms with Gasteiger partial charge >= 0.3 is 0 Å². The molecule has 1 unspecified atom stereocenters. The number of hydrogen-bond donors (Lipinski definition) is 1. The van der Waals surface area contributed by atoms with Crippen molar-refractivity contribution in [1.29, 1.82) is 0 Å². The van der Waals surface area contributed by atoms with E-state index >= 15 is 0 Å². The Bertz CT molecular complexity index is 726. The summed E-state index contributed by atoms with van der Waals surface area (Å²) in [5, 5.41) is 0. The monoisotopic (exact) mass is 339 g/mol. The Balaban J connectivity index is 1.58. The Morgan fingerprint density at radius 2 is 2.26 bits per heavy atom. The maximum atomic E-state index is 12.4. The van der Waals surface area contributed by atoms with Crippen LogP contribution in [0.15, 0.2) is 28.7 Å². The van der Waals surface area contributed by atoms with Gasteiger partial charge < -0.3 is 9.15 Å². The van der Waals surface area contributed by atoms with Gasteiger partial charge in [0, 0.05) is 32.7 Å². The number of rotatable bonds is 7. The Labute approximate surface area is 135 Å². The maximum Gasteiger partial charge on any atom is 0.279 e. The number of aromatic nitrogens is 1. The minimum absolute atomic E-state index is 0.0816. The molecule has 0 spiro atoms. The van der Waals surface area contributed by atoms with Crippen LogP contribution < -0.4 is 4.72 Å². The van der Waals surface area contributed by atoms with Crippen molar-refractivity contribution in [3.63, 3.8) is 0 Å². The van der Waals surface area contributed by atoms with E-state index in [1.807, 2.05) is 24.3 Å². The van der Waals surface area contributed by atoms with Gasteiger partial charge in [-0.05, 0) is 25.0 Å². The molecule has 1 saturated heterocycles. The highest BCUT2D eigenvalue weighted by Gasteiger charge is 2.33. The number of nitrogens with one attached hydrogen (secondary N) is 1. The van der Waals surface area contributed by atoms with Gasteiger partial charge in [0.2, 0.25) is 0 Å². The largest absolute Gasteiger partial charge is 0.441 e. The summed E-state index contributed by atoms with van der Waals surface area (Å²) < 4.78 is 39.6. The van der Waals surface area contributed by atoms with Crippen molar-refractivity contribution in [2.75, 3.05) is 26.8 Å². The Kier molecular flexibility index (Phi) is 4.96. The minimum Gasteiger partial charge on any atom is -0.441 e. The predicted octanol–water partition coefficient (Wildman–Crippen LogP) is 1.32. The second-order valence-electron chi connectivity index (χ2n) is 5.59. The number of ether oxygens (including phenoxy) is 1. The molecule has 0 amide bonds. The lowest BCUT2D eigenvalue weighted by atomic mass is 10.2. The first-order chi connectivity index (χ1) is 11.1. The zero-order valence-electron chi connectivity index (χ0n) is 13.1. The molecule has 1 fully saturated rings. The summed E-state index contributed by atoms with van der Waals surface area (Å²) in [5.74, 6) is 0.531. The topological polar surface area (TPSA) is 84.7 Å². The number of fused-ring (bicyclic) bond motifs is 1. The Morgan fingerprint density at radius 3 is 3.04 bits per heavy atom. The molecule has 8 heteroatoms. The van der Waals surface area contributed by atoms with E-state index in [4.69, 9.17) is 9.15 Å². The van der Waals surface area contributed by atoms with Crippen molar-refractivity contribution >= 4 is 21.3 Å². The Hall–Kier alpha value is -1.48. The van der Waals surface area contributed by atoms with Crippen LogP contribution >= 0.6 is 0 Å². The van der Waals surface area contributed by atoms with Crippen LogP contribution in [0.5, 0.6) is 0 Å². The van der Waals surface area contributed by atoms with Crippen LogP contribution in [0.4, 0.5) is 0 Å². The zero-order chi connectivity index (χ0) is 16.3. The number of para-hydroxylation sites is 2. The van der Waals surface area contributed by atoms with Crippen LogP contribution in [0.3, 0.4) is 0 Å².